The predicted molar refractivity (Wildman–Crippen MR) is 106 cm³/mol. The van der Waals surface area contributed by atoms with Gasteiger partial charge in [0.1, 0.15) is 17.1 Å². The Morgan fingerprint density at radius 1 is 1.27 bits per heavy atom. The summed E-state index contributed by atoms with van der Waals surface area (Å²) in [6, 6.07) is 15.9. The zero-order valence-electron chi connectivity index (χ0n) is 15.5. The highest BCUT2D eigenvalue weighted by Crippen LogP contribution is 2.41. The van der Waals surface area contributed by atoms with Gasteiger partial charge >= 0.3 is 0 Å². The van der Waals surface area contributed by atoms with Crippen LogP contribution in [-0.2, 0) is 10.5 Å². The van der Waals surface area contributed by atoms with Crippen molar-refractivity contribution in [3.63, 3.8) is 0 Å². The number of amides is 1. The van der Waals surface area contributed by atoms with Crippen molar-refractivity contribution in [1.29, 1.82) is 0 Å². The monoisotopic (exact) mass is 371 g/mol. The summed E-state index contributed by atoms with van der Waals surface area (Å²) in [5, 5.41) is 3.17. The van der Waals surface area contributed by atoms with Crippen LogP contribution in [0.2, 0.25) is 0 Å². The number of ether oxygens (including phenoxy) is 2. The molecule has 26 heavy (non-hydrogen) atoms. The third-order valence-corrected chi connectivity index (χ3v) is 5.36. The van der Waals surface area contributed by atoms with Crippen LogP contribution in [0.5, 0.6) is 11.5 Å². The Labute approximate surface area is 159 Å². The van der Waals surface area contributed by atoms with E-state index in [-0.39, 0.29) is 17.6 Å². The van der Waals surface area contributed by atoms with Gasteiger partial charge in [-0.05, 0) is 31.5 Å². The lowest BCUT2D eigenvalue weighted by Crippen LogP contribution is -2.41. The maximum Gasteiger partial charge on any atom is 0.230 e. The van der Waals surface area contributed by atoms with Crippen LogP contribution in [0.15, 0.2) is 48.5 Å². The molecular weight excluding hydrogens is 346 g/mol. The van der Waals surface area contributed by atoms with Crippen molar-refractivity contribution in [3.8, 4) is 11.5 Å². The first-order chi connectivity index (χ1) is 12.5. The average Bonchev–Trinajstić information content (AvgIpc) is 2.61. The van der Waals surface area contributed by atoms with E-state index in [1.165, 1.54) is 5.56 Å². The summed E-state index contributed by atoms with van der Waals surface area (Å²) in [4.78, 5) is 12.4. The largest absolute Gasteiger partial charge is 0.497 e. The molecule has 1 amide bonds. The summed E-state index contributed by atoms with van der Waals surface area (Å²) < 4.78 is 11.4. The SMILES string of the molecule is COc1ccc2c(c1)OC(C)(C)C[C@H]2NC(=O)CSCc1ccccc1. The van der Waals surface area contributed by atoms with Gasteiger partial charge in [-0.2, -0.15) is 0 Å². The Kier molecular flexibility index (Phi) is 5.77. The standard InChI is InChI=1S/C21H25NO3S/c1-21(2)12-18(17-10-9-16(24-3)11-19(17)25-21)22-20(23)14-26-13-15-7-5-4-6-8-15/h4-11,18H,12-14H2,1-3H3,(H,22,23)/t18-/m1/s1. The van der Waals surface area contributed by atoms with Crippen LogP contribution < -0.4 is 14.8 Å². The minimum absolute atomic E-state index is 0.0513. The molecule has 0 saturated carbocycles. The number of nitrogens with one attached hydrogen (secondary N) is 1. The first-order valence-electron chi connectivity index (χ1n) is 8.75. The number of carbonyl (C=O) groups is 1. The number of thioether (sulfide) groups is 1. The molecule has 0 fully saturated rings. The fourth-order valence-corrected chi connectivity index (χ4v) is 3.96. The number of hydrogen-bond acceptors (Lipinski definition) is 4. The Morgan fingerprint density at radius 2 is 2.04 bits per heavy atom. The number of carbonyl (C=O) groups excluding carboxylic acids is 1. The number of fused-ring (bicyclic) bond motifs is 1. The average molecular weight is 372 g/mol. The van der Waals surface area contributed by atoms with Gasteiger partial charge in [0.15, 0.2) is 0 Å². The minimum Gasteiger partial charge on any atom is -0.497 e. The van der Waals surface area contributed by atoms with Crippen molar-refractivity contribution < 1.29 is 14.3 Å². The lowest BCUT2D eigenvalue weighted by Gasteiger charge is -2.38. The van der Waals surface area contributed by atoms with E-state index in [9.17, 15) is 4.79 Å². The molecule has 0 aliphatic carbocycles. The van der Waals surface area contributed by atoms with Crippen molar-refractivity contribution in [3.05, 3.63) is 59.7 Å². The molecule has 2 aromatic carbocycles. The number of rotatable bonds is 6. The van der Waals surface area contributed by atoms with Gasteiger partial charge in [-0.25, -0.2) is 0 Å². The minimum atomic E-state index is -0.339. The van der Waals surface area contributed by atoms with E-state index in [0.717, 1.165) is 29.2 Å². The van der Waals surface area contributed by atoms with Gasteiger partial charge < -0.3 is 14.8 Å². The van der Waals surface area contributed by atoms with Crippen LogP contribution >= 0.6 is 11.8 Å². The van der Waals surface area contributed by atoms with Gasteiger partial charge in [-0.3, -0.25) is 4.79 Å². The van der Waals surface area contributed by atoms with Crippen LogP contribution in [0.25, 0.3) is 0 Å². The molecule has 1 aliphatic heterocycles. The molecule has 3 rings (SSSR count). The summed E-state index contributed by atoms with van der Waals surface area (Å²) in [5.74, 6) is 2.86. The molecule has 0 unspecified atom stereocenters. The molecule has 2 aromatic rings. The fourth-order valence-electron chi connectivity index (χ4n) is 3.16. The van der Waals surface area contributed by atoms with Crippen molar-refractivity contribution >= 4 is 17.7 Å². The van der Waals surface area contributed by atoms with Gasteiger partial charge in [-0.1, -0.05) is 30.3 Å². The lowest BCUT2D eigenvalue weighted by atomic mass is 9.89. The highest BCUT2D eigenvalue weighted by molar-refractivity contribution is 7.99. The number of methoxy groups -OCH3 is 1. The molecule has 4 nitrogen and oxygen atoms in total. The first kappa shape index (κ1) is 18.6. The van der Waals surface area contributed by atoms with Crippen LogP contribution in [0.1, 0.15) is 37.4 Å². The maximum atomic E-state index is 12.4. The summed E-state index contributed by atoms with van der Waals surface area (Å²) >= 11 is 1.63. The Bertz CT molecular complexity index is 761. The van der Waals surface area contributed by atoms with Crippen LogP contribution in [-0.4, -0.2) is 24.4 Å². The normalized spacial score (nSPS) is 17.7. The zero-order valence-corrected chi connectivity index (χ0v) is 16.3. The second-order valence-corrected chi connectivity index (χ2v) is 8.05. The zero-order chi connectivity index (χ0) is 18.6. The summed E-state index contributed by atoms with van der Waals surface area (Å²) in [7, 11) is 1.64. The van der Waals surface area contributed by atoms with Gasteiger partial charge in [0.25, 0.3) is 0 Å². The molecule has 0 spiro atoms. The van der Waals surface area contributed by atoms with Crippen LogP contribution in [0, 0.1) is 0 Å². The van der Waals surface area contributed by atoms with E-state index in [0.29, 0.717) is 5.75 Å². The predicted octanol–water partition coefficient (Wildman–Crippen LogP) is 4.35. The second kappa shape index (κ2) is 8.04. The Morgan fingerprint density at radius 3 is 2.77 bits per heavy atom. The third-order valence-electron chi connectivity index (χ3n) is 4.36. The third kappa shape index (κ3) is 4.73. The van der Waals surface area contributed by atoms with Gasteiger partial charge in [0, 0.05) is 23.8 Å². The number of hydrogen-bond donors (Lipinski definition) is 1. The smallest absolute Gasteiger partial charge is 0.230 e. The van der Waals surface area contributed by atoms with Crippen LogP contribution in [0.4, 0.5) is 0 Å². The summed E-state index contributed by atoms with van der Waals surface area (Å²) in [6.45, 7) is 4.08. The van der Waals surface area contributed by atoms with E-state index < -0.39 is 0 Å². The summed E-state index contributed by atoms with van der Waals surface area (Å²) in [6.07, 6.45) is 0.738. The van der Waals surface area contributed by atoms with E-state index in [1.807, 2.05) is 50.2 Å². The van der Waals surface area contributed by atoms with Crippen molar-refractivity contribution in [2.75, 3.05) is 12.9 Å². The highest BCUT2D eigenvalue weighted by atomic mass is 32.2. The topological polar surface area (TPSA) is 47.6 Å². The molecule has 1 N–H and O–H groups in total. The molecule has 0 radical (unpaired) electrons. The molecule has 1 atom stereocenters. The van der Waals surface area contributed by atoms with Gasteiger partial charge in [0.2, 0.25) is 5.91 Å². The summed E-state index contributed by atoms with van der Waals surface area (Å²) in [5.41, 5.74) is 1.90. The molecule has 1 aliphatic rings. The number of benzene rings is 2. The Hall–Kier alpha value is -2.14. The molecule has 138 valence electrons. The van der Waals surface area contributed by atoms with Crippen molar-refractivity contribution in [1.82, 2.24) is 5.32 Å². The first-order valence-corrected chi connectivity index (χ1v) is 9.90. The Balaban J connectivity index is 1.62. The molecular formula is C21H25NO3S. The van der Waals surface area contributed by atoms with Crippen molar-refractivity contribution in [2.45, 2.75) is 37.7 Å². The lowest BCUT2D eigenvalue weighted by molar-refractivity contribution is -0.119. The fraction of sp³-hybridized carbons (Fsp3) is 0.381. The van der Waals surface area contributed by atoms with E-state index in [1.54, 1.807) is 18.9 Å². The van der Waals surface area contributed by atoms with E-state index >= 15 is 0 Å². The van der Waals surface area contributed by atoms with Crippen LogP contribution in [0.3, 0.4) is 0 Å². The van der Waals surface area contributed by atoms with Gasteiger partial charge in [0.05, 0.1) is 18.9 Å². The second-order valence-electron chi connectivity index (χ2n) is 7.07. The molecule has 0 saturated heterocycles. The molecule has 0 bridgehead atoms. The quantitative estimate of drug-likeness (QED) is 0.820. The van der Waals surface area contributed by atoms with Crippen molar-refractivity contribution in [2.24, 2.45) is 0 Å². The molecule has 0 aromatic heterocycles. The van der Waals surface area contributed by atoms with E-state index in [4.69, 9.17) is 9.47 Å². The molecule has 1 heterocycles. The highest BCUT2D eigenvalue weighted by Gasteiger charge is 2.34. The maximum absolute atomic E-state index is 12.4. The van der Waals surface area contributed by atoms with E-state index in [2.05, 4.69) is 17.4 Å². The van der Waals surface area contributed by atoms with Gasteiger partial charge in [-0.15, -0.1) is 11.8 Å². The molecule has 5 heteroatoms.